The van der Waals surface area contributed by atoms with Crippen LogP contribution in [0.1, 0.15) is 48.0 Å². The van der Waals surface area contributed by atoms with Gasteiger partial charge in [-0.2, -0.15) is 0 Å². The van der Waals surface area contributed by atoms with Crippen molar-refractivity contribution < 1.29 is 23.9 Å². The van der Waals surface area contributed by atoms with E-state index in [2.05, 4.69) is 5.32 Å². The lowest BCUT2D eigenvalue weighted by molar-refractivity contribution is -0.140. The lowest BCUT2D eigenvalue weighted by atomic mass is 9.81. The molecule has 0 aromatic heterocycles. The third-order valence-electron chi connectivity index (χ3n) is 5.43. The molecule has 0 bridgehead atoms. The summed E-state index contributed by atoms with van der Waals surface area (Å²) in [5.41, 5.74) is 1.35. The van der Waals surface area contributed by atoms with Crippen molar-refractivity contribution >= 4 is 29.4 Å². The van der Waals surface area contributed by atoms with Crippen molar-refractivity contribution in [3.05, 3.63) is 29.3 Å². The Labute approximate surface area is 158 Å². The van der Waals surface area contributed by atoms with Crippen molar-refractivity contribution in [2.45, 2.75) is 39.0 Å². The topological polar surface area (TPSA) is 92.8 Å². The van der Waals surface area contributed by atoms with E-state index in [0.717, 1.165) is 25.7 Å². The van der Waals surface area contributed by atoms with Crippen LogP contribution in [-0.2, 0) is 19.1 Å². The fourth-order valence-electron chi connectivity index (χ4n) is 4.02. The summed E-state index contributed by atoms with van der Waals surface area (Å²) in [7, 11) is 1.28. The molecule has 0 unspecified atom stereocenters. The standard InChI is InChI=1S/C20H24N2O5/c1-12-6-5-9-15(17(12)20(26)27-2)21-16(23)10-11-22-18(24)13-7-3-4-8-14(13)19(22)25/h5-6,9,13-14H,3-4,7-8,10-11H2,1-2H3,(H,21,23)/t13-,14+. The fourth-order valence-corrected chi connectivity index (χ4v) is 4.02. The zero-order chi connectivity index (χ0) is 19.6. The highest BCUT2D eigenvalue weighted by Crippen LogP contribution is 2.38. The molecule has 2 aliphatic rings. The third-order valence-corrected chi connectivity index (χ3v) is 5.43. The van der Waals surface area contributed by atoms with Crippen molar-refractivity contribution in [1.82, 2.24) is 4.90 Å². The molecule has 1 aromatic carbocycles. The van der Waals surface area contributed by atoms with Gasteiger partial charge in [0.1, 0.15) is 0 Å². The summed E-state index contributed by atoms with van der Waals surface area (Å²) in [6.07, 6.45) is 3.44. The van der Waals surface area contributed by atoms with Gasteiger partial charge < -0.3 is 10.1 Å². The minimum atomic E-state index is -0.530. The molecule has 1 saturated carbocycles. The second kappa shape index (κ2) is 7.90. The first-order valence-electron chi connectivity index (χ1n) is 9.27. The number of fused-ring (bicyclic) bond motifs is 1. The summed E-state index contributed by atoms with van der Waals surface area (Å²) in [4.78, 5) is 50.5. The summed E-state index contributed by atoms with van der Waals surface area (Å²) < 4.78 is 4.78. The van der Waals surface area contributed by atoms with Gasteiger partial charge in [0, 0.05) is 13.0 Å². The first-order chi connectivity index (χ1) is 12.9. The number of esters is 1. The second-order valence-electron chi connectivity index (χ2n) is 7.11. The number of hydrogen-bond acceptors (Lipinski definition) is 5. The maximum atomic E-state index is 12.5. The zero-order valence-corrected chi connectivity index (χ0v) is 15.6. The average molecular weight is 372 g/mol. The van der Waals surface area contributed by atoms with Crippen molar-refractivity contribution in [3.63, 3.8) is 0 Å². The van der Waals surface area contributed by atoms with Gasteiger partial charge in [-0.05, 0) is 31.4 Å². The van der Waals surface area contributed by atoms with E-state index in [1.807, 2.05) is 0 Å². The Balaban J connectivity index is 1.64. The number of anilines is 1. The maximum Gasteiger partial charge on any atom is 0.340 e. The van der Waals surface area contributed by atoms with Crippen LogP contribution in [0.25, 0.3) is 0 Å². The number of carbonyl (C=O) groups is 4. The van der Waals surface area contributed by atoms with Gasteiger partial charge in [0.2, 0.25) is 17.7 Å². The number of aryl methyl sites for hydroxylation is 1. The van der Waals surface area contributed by atoms with E-state index in [9.17, 15) is 19.2 Å². The van der Waals surface area contributed by atoms with Crippen LogP contribution in [0.5, 0.6) is 0 Å². The molecule has 1 aliphatic carbocycles. The lowest BCUT2D eigenvalue weighted by Gasteiger charge is -2.19. The second-order valence-corrected chi connectivity index (χ2v) is 7.11. The number of benzene rings is 1. The van der Waals surface area contributed by atoms with Crippen LogP contribution >= 0.6 is 0 Å². The van der Waals surface area contributed by atoms with E-state index >= 15 is 0 Å². The smallest absolute Gasteiger partial charge is 0.340 e. The highest BCUT2D eigenvalue weighted by molar-refractivity contribution is 6.06. The third kappa shape index (κ3) is 3.72. The Hall–Kier alpha value is -2.70. The SMILES string of the molecule is COC(=O)c1c(C)cccc1NC(=O)CCN1C(=O)[C@H]2CCCC[C@H]2C1=O. The van der Waals surface area contributed by atoms with Gasteiger partial charge in [0.05, 0.1) is 30.2 Å². The van der Waals surface area contributed by atoms with Crippen molar-refractivity contribution in [2.75, 3.05) is 19.0 Å². The van der Waals surface area contributed by atoms with Gasteiger partial charge >= 0.3 is 5.97 Å². The number of ether oxygens (including phenoxy) is 1. The van der Waals surface area contributed by atoms with Gasteiger partial charge in [-0.1, -0.05) is 25.0 Å². The molecule has 7 heteroatoms. The van der Waals surface area contributed by atoms with Crippen LogP contribution in [0, 0.1) is 18.8 Å². The Kier molecular flexibility index (Phi) is 5.58. The number of carbonyl (C=O) groups excluding carboxylic acids is 4. The summed E-state index contributed by atoms with van der Waals surface area (Å²) >= 11 is 0. The molecule has 7 nitrogen and oxygen atoms in total. The molecular weight excluding hydrogens is 348 g/mol. The Morgan fingerprint density at radius 3 is 2.37 bits per heavy atom. The number of nitrogens with zero attached hydrogens (tertiary/aromatic N) is 1. The van der Waals surface area contributed by atoms with Crippen LogP contribution in [0.15, 0.2) is 18.2 Å². The van der Waals surface area contributed by atoms with Crippen molar-refractivity contribution in [2.24, 2.45) is 11.8 Å². The molecule has 2 atom stereocenters. The van der Waals surface area contributed by atoms with E-state index in [1.54, 1.807) is 25.1 Å². The van der Waals surface area contributed by atoms with Crippen molar-refractivity contribution in [1.29, 1.82) is 0 Å². The summed E-state index contributed by atoms with van der Waals surface area (Å²) in [5.74, 6) is -1.61. The number of amides is 3. The Morgan fingerprint density at radius 2 is 1.78 bits per heavy atom. The summed E-state index contributed by atoms with van der Waals surface area (Å²) in [6, 6.07) is 5.11. The number of methoxy groups -OCH3 is 1. The number of hydrogen-bond donors (Lipinski definition) is 1. The summed E-state index contributed by atoms with van der Waals surface area (Å²) in [5, 5.41) is 2.69. The molecule has 1 heterocycles. The molecule has 0 radical (unpaired) electrons. The largest absolute Gasteiger partial charge is 0.465 e. The Bertz CT molecular complexity index is 765. The van der Waals surface area contributed by atoms with E-state index in [4.69, 9.17) is 4.74 Å². The lowest BCUT2D eigenvalue weighted by Crippen LogP contribution is -2.34. The van der Waals surface area contributed by atoms with Gasteiger partial charge in [-0.25, -0.2) is 4.79 Å². The molecule has 1 saturated heterocycles. The highest BCUT2D eigenvalue weighted by Gasteiger charge is 2.47. The van der Waals surface area contributed by atoms with Crippen LogP contribution in [0.3, 0.4) is 0 Å². The quantitative estimate of drug-likeness (QED) is 0.632. The zero-order valence-electron chi connectivity index (χ0n) is 15.6. The Morgan fingerprint density at radius 1 is 1.15 bits per heavy atom. The molecule has 0 spiro atoms. The summed E-state index contributed by atoms with van der Waals surface area (Å²) in [6.45, 7) is 1.82. The minimum absolute atomic E-state index is 0.00846. The molecule has 27 heavy (non-hydrogen) atoms. The van der Waals surface area contributed by atoms with E-state index in [1.165, 1.54) is 12.0 Å². The van der Waals surface area contributed by atoms with Crippen LogP contribution in [0.2, 0.25) is 0 Å². The van der Waals surface area contributed by atoms with Crippen molar-refractivity contribution in [3.8, 4) is 0 Å². The van der Waals surface area contributed by atoms with E-state index < -0.39 is 5.97 Å². The number of nitrogens with one attached hydrogen (secondary N) is 1. The average Bonchev–Trinajstić information content (AvgIpc) is 2.90. The normalized spacial score (nSPS) is 21.8. The van der Waals surface area contributed by atoms with Gasteiger partial charge in [-0.3, -0.25) is 19.3 Å². The minimum Gasteiger partial charge on any atom is -0.465 e. The predicted molar refractivity (Wildman–Crippen MR) is 97.9 cm³/mol. The molecular formula is C20H24N2O5. The predicted octanol–water partition coefficient (Wildman–Crippen LogP) is 2.29. The molecule has 1 aliphatic heterocycles. The molecule has 2 fully saturated rings. The highest BCUT2D eigenvalue weighted by atomic mass is 16.5. The first-order valence-corrected chi connectivity index (χ1v) is 9.27. The van der Waals surface area contributed by atoms with Gasteiger partial charge in [0.25, 0.3) is 0 Å². The maximum absolute atomic E-state index is 12.5. The monoisotopic (exact) mass is 372 g/mol. The molecule has 3 amide bonds. The molecule has 3 rings (SSSR count). The first kappa shape index (κ1) is 19.1. The van der Waals surface area contributed by atoms with Gasteiger partial charge in [0.15, 0.2) is 0 Å². The molecule has 144 valence electrons. The van der Waals surface area contributed by atoms with Crippen LogP contribution in [-0.4, -0.2) is 42.2 Å². The fraction of sp³-hybridized carbons (Fsp3) is 0.500. The van der Waals surface area contributed by atoms with E-state index in [-0.39, 0.29) is 42.5 Å². The number of rotatable bonds is 5. The van der Waals surface area contributed by atoms with Gasteiger partial charge in [-0.15, -0.1) is 0 Å². The number of imide groups is 1. The number of likely N-dealkylation sites (tertiary alicyclic amines) is 1. The molecule has 1 N–H and O–H groups in total. The van der Waals surface area contributed by atoms with Crippen LogP contribution < -0.4 is 5.32 Å². The van der Waals surface area contributed by atoms with Crippen LogP contribution in [0.4, 0.5) is 5.69 Å². The molecule has 1 aromatic rings. The van der Waals surface area contributed by atoms with E-state index in [0.29, 0.717) is 16.8 Å².